The molecule has 1 aliphatic heterocycles. The Labute approximate surface area is 127 Å². The molecule has 2 heterocycles. The summed E-state index contributed by atoms with van der Waals surface area (Å²) < 4.78 is 0. The van der Waals surface area contributed by atoms with E-state index in [0.717, 1.165) is 57.1 Å². The number of piperazine rings is 1. The van der Waals surface area contributed by atoms with Gasteiger partial charge in [-0.25, -0.2) is 9.97 Å². The van der Waals surface area contributed by atoms with Crippen molar-refractivity contribution in [3.63, 3.8) is 0 Å². The molecule has 1 saturated heterocycles. The summed E-state index contributed by atoms with van der Waals surface area (Å²) in [5.74, 6) is 2.10. The standard InChI is InChI=1S/C16H27N5/c1-4-8-17-15-12-6-5-7-13(12)18-16(19-15)14-11-20(2)9-10-21(14)3/h14H,4-11H2,1-3H3,(H,17,18,19). The van der Waals surface area contributed by atoms with E-state index in [9.17, 15) is 0 Å². The number of nitrogens with one attached hydrogen (secondary N) is 1. The number of hydrogen-bond acceptors (Lipinski definition) is 5. The highest BCUT2D eigenvalue weighted by Crippen LogP contribution is 2.29. The van der Waals surface area contributed by atoms with Gasteiger partial charge in [-0.3, -0.25) is 4.90 Å². The third-order valence-corrected chi connectivity index (χ3v) is 4.64. The van der Waals surface area contributed by atoms with Gasteiger partial charge in [0.2, 0.25) is 0 Å². The van der Waals surface area contributed by atoms with Crippen LogP contribution in [0.15, 0.2) is 0 Å². The molecule has 2 aliphatic rings. The predicted molar refractivity (Wildman–Crippen MR) is 85.7 cm³/mol. The average Bonchev–Trinajstić information content (AvgIpc) is 2.95. The number of hydrogen-bond donors (Lipinski definition) is 1. The van der Waals surface area contributed by atoms with E-state index in [1.165, 1.54) is 17.7 Å². The second-order valence-corrected chi connectivity index (χ2v) is 6.39. The van der Waals surface area contributed by atoms with E-state index in [1.54, 1.807) is 0 Å². The van der Waals surface area contributed by atoms with Gasteiger partial charge in [-0.2, -0.15) is 0 Å². The van der Waals surface area contributed by atoms with E-state index in [1.807, 2.05) is 0 Å². The van der Waals surface area contributed by atoms with E-state index < -0.39 is 0 Å². The summed E-state index contributed by atoms with van der Waals surface area (Å²) in [6, 6.07) is 0.317. The second kappa shape index (κ2) is 6.28. The van der Waals surface area contributed by atoms with E-state index in [-0.39, 0.29) is 0 Å². The van der Waals surface area contributed by atoms with Crippen molar-refractivity contribution in [1.82, 2.24) is 19.8 Å². The molecule has 116 valence electrons. The molecule has 1 aromatic rings. The molecule has 1 fully saturated rings. The molecule has 0 radical (unpaired) electrons. The largest absolute Gasteiger partial charge is 0.370 e. The molecule has 1 unspecified atom stereocenters. The van der Waals surface area contributed by atoms with Crippen LogP contribution in [0.4, 0.5) is 5.82 Å². The molecule has 0 aromatic carbocycles. The highest BCUT2D eigenvalue weighted by atomic mass is 15.3. The summed E-state index contributed by atoms with van der Waals surface area (Å²) in [4.78, 5) is 14.6. The highest BCUT2D eigenvalue weighted by molar-refractivity contribution is 5.49. The molecule has 0 amide bonds. The van der Waals surface area contributed by atoms with E-state index in [0.29, 0.717) is 6.04 Å². The lowest BCUT2D eigenvalue weighted by atomic mass is 10.1. The van der Waals surface area contributed by atoms with Gasteiger partial charge in [0, 0.05) is 37.4 Å². The molecule has 1 N–H and O–H groups in total. The molecule has 3 rings (SSSR count). The monoisotopic (exact) mass is 289 g/mol. The molecule has 5 heteroatoms. The Balaban J connectivity index is 1.91. The first kappa shape index (κ1) is 14.7. The zero-order valence-electron chi connectivity index (χ0n) is 13.5. The number of aryl methyl sites for hydroxylation is 1. The van der Waals surface area contributed by atoms with Gasteiger partial charge in [-0.05, 0) is 39.8 Å². The van der Waals surface area contributed by atoms with Crippen LogP contribution in [0.1, 0.15) is 42.9 Å². The molecule has 0 saturated carbocycles. The third-order valence-electron chi connectivity index (χ3n) is 4.64. The van der Waals surface area contributed by atoms with Crippen molar-refractivity contribution < 1.29 is 0 Å². The van der Waals surface area contributed by atoms with Gasteiger partial charge in [0.05, 0.1) is 6.04 Å². The Morgan fingerprint density at radius 1 is 1.19 bits per heavy atom. The number of aromatic nitrogens is 2. The van der Waals surface area contributed by atoms with Crippen LogP contribution in [0, 0.1) is 0 Å². The number of fused-ring (bicyclic) bond motifs is 1. The molecule has 1 aliphatic carbocycles. The van der Waals surface area contributed by atoms with Crippen molar-refractivity contribution in [3.05, 3.63) is 17.1 Å². The van der Waals surface area contributed by atoms with Gasteiger partial charge in [0.15, 0.2) is 0 Å². The lowest BCUT2D eigenvalue weighted by molar-refractivity contribution is 0.109. The average molecular weight is 289 g/mol. The summed E-state index contributed by atoms with van der Waals surface area (Å²) in [6.45, 7) is 6.41. The Kier molecular flexibility index (Phi) is 4.40. The molecule has 5 nitrogen and oxygen atoms in total. The maximum absolute atomic E-state index is 4.91. The molecular formula is C16H27N5. The van der Waals surface area contributed by atoms with Crippen LogP contribution in [0.2, 0.25) is 0 Å². The normalized spacial score (nSPS) is 23.3. The first-order chi connectivity index (χ1) is 10.2. The number of likely N-dealkylation sites (N-methyl/N-ethyl adjacent to an activating group) is 2. The van der Waals surface area contributed by atoms with Crippen molar-refractivity contribution in [3.8, 4) is 0 Å². The van der Waals surface area contributed by atoms with Gasteiger partial charge >= 0.3 is 0 Å². The maximum atomic E-state index is 4.91. The van der Waals surface area contributed by atoms with Crippen LogP contribution in [0.25, 0.3) is 0 Å². The van der Waals surface area contributed by atoms with Crippen LogP contribution in [-0.4, -0.2) is 60.0 Å². The van der Waals surface area contributed by atoms with E-state index >= 15 is 0 Å². The van der Waals surface area contributed by atoms with Crippen molar-refractivity contribution in [1.29, 1.82) is 0 Å². The van der Waals surface area contributed by atoms with Gasteiger partial charge in [-0.15, -0.1) is 0 Å². The Hall–Kier alpha value is -1.20. The van der Waals surface area contributed by atoms with Gasteiger partial charge in [-0.1, -0.05) is 6.92 Å². The molecule has 21 heavy (non-hydrogen) atoms. The molecule has 1 aromatic heterocycles. The quantitative estimate of drug-likeness (QED) is 0.914. The summed E-state index contributed by atoms with van der Waals surface area (Å²) in [5, 5.41) is 3.52. The fourth-order valence-electron chi connectivity index (χ4n) is 3.28. The van der Waals surface area contributed by atoms with Crippen LogP contribution in [0.3, 0.4) is 0 Å². The lowest BCUT2D eigenvalue weighted by Gasteiger charge is -2.36. The summed E-state index contributed by atoms with van der Waals surface area (Å²) in [5.41, 5.74) is 2.64. The van der Waals surface area contributed by atoms with Crippen LogP contribution in [-0.2, 0) is 12.8 Å². The third kappa shape index (κ3) is 3.04. The minimum atomic E-state index is 0.317. The molecular weight excluding hydrogens is 262 g/mol. The van der Waals surface area contributed by atoms with Gasteiger partial charge < -0.3 is 10.2 Å². The predicted octanol–water partition coefficient (Wildman–Crippen LogP) is 1.71. The fourth-order valence-corrected chi connectivity index (χ4v) is 3.28. The topological polar surface area (TPSA) is 44.3 Å². The second-order valence-electron chi connectivity index (χ2n) is 6.39. The minimum absolute atomic E-state index is 0.317. The van der Waals surface area contributed by atoms with Gasteiger partial charge in [0.25, 0.3) is 0 Å². The smallest absolute Gasteiger partial charge is 0.149 e. The Morgan fingerprint density at radius 2 is 2.05 bits per heavy atom. The van der Waals surface area contributed by atoms with Crippen LogP contribution >= 0.6 is 0 Å². The van der Waals surface area contributed by atoms with Gasteiger partial charge in [0.1, 0.15) is 11.6 Å². The number of anilines is 1. The Bertz CT molecular complexity index is 502. The Morgan fingerprint density at radius 3 is 2.86 bits per heavy atom. The van der Waals surface area contributed by atoms with Crippen LogP contribution in [0.5, 0.6) is 0 Å². The first-order valence-electron chi connectivity index (χ1n) is 8.21. The van der Waals surface area contributed by atoms with Crippen LogP contribution < -0.4 is 5.32 Å². The van der Waals surface area contributed by atoms with Crippen molar-refractivity contribution in [2.24, 2.45) is 0 Å². The van der Waals surface area contributed by atoms with Crippen molar-refractivity contribution in [2.75, 3.05) is 45.6 Å². The van der Waals surface area contributed by atoms with Crippen molar-refractivity contribution in [2.45, 2.75) is 38.6 Å². The summed E-state index contributed by atoms with van der Waals surface area (Å²) in [7, 11) is 4.37. The highest BCUT2D eigenvalue weighted by Gasteiger charge is 2.28. The molecule has 0 bridgehead atoms. The zero-order chi connectivity index (χ0) is 14.8. The fraction of sp³-hybridized carbons (Fsp3) is 0.750. The SMILES string of the molecule is CCCNc1nc(C2CN(C)CCN2C)nc2c1CCC2. The summed E-state index contributed by atoms with van der Waals surface area (Å²) in [6.07, 6.45) is 4.58. The number of rotatable bonds is 4. The minimum Gasteiger partial charge on any atom is -0.370 e. The van der Waals surface area contributed by atoms with E-state index in [2.05, 4.69) is 36.1 Å². The maximum Gasteiger partial charge on any atom is 0.149 e. The lowest BCUT2D eigenvalue weighted by Crippen LogP contribution is -2.45. The van der Waals surface area contributed by atoms with Crippen molar-refractivity contribution >= 4 is 5.82 Å². The first-order valence-corrected chi connectivity index (χ1v) is 8.21. The van der Waals surface area contributed by atoms with E-state index in [4.69, 9.17) is 9.97 Å². The zero-order valence-corrected chi connectivity index (χ0v) is 13.5. The number of nitrogens with zero attached hydrogens (tertiary/aromatic N) is 4. The molecule has 0 spiro atoms. The molecule has 1 atom stereocenters. The summed E-state index contributed by atoms with van der Waals surface area (Å²) >= 11 is 0.